The van der Waals surface area contributed by atoms with Crippen LogP contribution in [-0.2, 0) is 13.0 Å². The van der Waals surface area contributed by atoms with Gasteiger partial charge in [0.05, 0.1) is 11.8 Å². The van der Waals surface area contributed by atoms with Gasteiger partial charge in [-0.05, 0) is 47.4 Å². The Kier molecular flexibility index (Phi) is 4.86. The van der Waals surface area contributed by atoms with E-state index >= 15 is 0 Å². The van der Waals surface area contributed by atoms with E-state index in [0.717, 1.165) is 16.7 Å². The summed E-state index contributed by atoms with van der Waals surface area (Å²) in [5, 5.41) is 10.3. The number of carbonyl (C=O) groups is 1. The number of nitrogens with zero attached hydrogens (tertiary/aromatic N) is 3. The van der Waals surface area contributed by atoms with E-state index in [9.17, 15) is 9.18 Å². The van der Waals surface area contributed by atoms with Gasteiger partial charge in [-0.3, -0.25) is 9.78 Å². The zero-order chi connectivity index (χ0) is 16.8. The van der Waals surface area contributed by atoms with Gasteiger partial charge in [-0.15, -0.1) is 0 Å². The topological polar surface area (TPSA) is 67.8 Å². The van der Waals surface area contributed by atoms with Crippen LogP contribution >= 0.6 is 0 Å². The van der Waals surface area contributed by atoms with Gasteiger partial charge < -0.3 is 5.32 Å². The second-order valence-electron chi connectivity index (χ2n) is 5.32. The number of pyridine rings is 1. The lowest BCUT2D eigenvalue weighted by atomic mass is 10.0. The molecule has 3 aromatic rings. The summed E-state index contributed by atoms with van der Waals surface area (Å²) in [6.07, 6.45) is 6.87. The zero-order valence-corrected chi connectivity index (χ0v) is 12.8. The Hall–Kier alpha value is -3.15. The van der Waals surface area contributed by atoms with Crippen molar-refractivity contribution in [3.63, 3.8) is 0 Å². The summed E-state index contributed by atoms with van der Waals surface area (Å²) >= 11 is 0. The molecule has 0 atom stereocenters. The molecule has 0 saturated carbocycles. The molecule has 0 bridgehead atoms. The molecule has 1 N–H and O–H groups in total. The van der Waals surface area contributed by atoms with Crippen molar-refractivity contribution < 1.29 is 9.18 Å². The van der Waals surface area contributed by atoms with E-state index in [4.69, 9.17) is 0 Å². The fraction of sp³-hybridized carbons (Fsp3) is 0.111. The summed E-state index contributed by atoms with van der Waals surface area (Å²) < 4.78 is 13.2. The fourth-order valence-corrected chi connectivity index (χ4v) is 2.30. The lowest BCUT2D eigenvalue weighted by molar-refractivity contribution is 0.0950. The number of benzene rings is 1. The fourth-order valence-electron chi connectivity index (χ4n) is 2.30. The molecule has 3 rings (SSSR count). The Morgan fingerprint density at radius 2 is 1.92 bits per heavy atom. The first-order valence-electron chi connectivity index (χ1n) is 7.43. The van der Waals surface area contributed by atoms with Crippen LogP contribution in [0.3, 0.4) is 0 Å². The molecule has 24 heavy (non-hydrogen) atoms. The van der Waals surface area contributed by atoms with Crippen LogP contribution in [0.25, 0.3) is 0 Å². The molecular weight excluding hydrogens is 307 g/mol. The number of carbonyl (C=O) groups excluding carboxylic acids is 1. The molecular formula is C18H15FN4O. The first-order valence-corrected chi connectivity index (χ1v) is 7.43. The van der Waals surface area contributed by atoms with E-state index in [-0.39, 0.29) is 11.7 Å². The molecule has 0 unspecified atom stereocenters. The van der Waals surface area contributed by atoms with E-state index in [1.54, 1.807) is 36.8 Å². The van der Waals surface area contributed by atoms with E-state index in [2.05, 4.69) is 20.5 Å². The van der Waals surface area contributed by atoms with Gasteiger partial charge in [-0.25, -0.2) is 4.39 Å². The molecule has 2 aromatic heterocycles. The first-order chi connectivity index (χ1) is 11.7. The predicted molar refractivity (Wildman–Crippen MR) is 86.6 cm³/mol. The lowest BCUT2D eigenvalue weighted by Crippen LogP contribution is -2.23. The third-order valence-corrected chi connectivity index (χ3v) is 3.45. The molecule has 1 amide bonds. The molecule has 120 valence electrons. The van der Waals surface area contributed by atoms with Crippen molar-refractivity contribution in [2.75, 3.05) is 0 Å². The van der Waals surface area contributed by atoms with Crippen LogP contribution in [0.2, 0.25) is 0 Å². The minimum absolute atomic E-state index is 0.222. The van der Waals surface area contributed by atoms with Gasteiger partial charge >= 0.3 is 0 Å². The number of hydrogen-bond acceptors (Lipinski definition) is 4. The van der Waals surface area contributed by atoms with E-state index < -0.39 is 0 Å². The van der Waals surface area contributed by atoms with Crippen molar-refractivity contribution >= 4 is 5.91 Å². The Balaban J connectivity index is 1.67. The Morgan fingerprint density at radius 3 is 2.71 bits per heavy atom. The van der Waals surface area contributed by atoms with Gasteiger partial charge in [0.25, 0.3) is 5.91 Å². The maximum atomic E-state index is 13.2. The SMILES string of the molecule is O=C(NCc1ccnnc1)c1cncc(Cc2cccc(F)c2)c1. The van der Waals surface area contributed by atoms with Crippen LogP contribution in [0.15, 0.2) is 61.2 Å². The third kappa shape index (κ3) is 4.19. The lowest BCUT2D eigenvalue weighted by Gasteiger charge is -2.07. The molecule has 0 aliphatic rings. The summed E-state index contributed by atoms with van der Waals surface area (Å²) in [5.41, 5.74) is 3.00. The highest BCUT2D eigenvalue weighted by Crippen LogP contribution is 2.12. The molecule has 0 aliphatic heterocycles. The average molecular weight is 322 g/mol. The highest BCUT2D eigenvalue weighted by Gasteiger charge is 2.08. The van der Waals surface area contributed by atoms with Gasteiger partial charge in [0.1, 0.15) is 5.82 Å². The van der Waals surface area contributed by atoms with E-state index in [1.165, 1.54) is 18.3 Å². The first kappa shape index (κ1) is 15.7. The molecule has 0 radical (unpaired) electrons. The average Bonchev–Trinajstić information content (AvgIpc) is 2.61. The quantitative estimate of drug-likeness (QED) is 0.784. The monoisotopic (exact) mass is 322 g/mol. The molecule has 5 nitrogen and oxygen atoms in total. The Morgan fingerprint density at radius 1 is 1.00 bits per heavy atom. The normalized spacial score (nSPS) is 10.4. The van der Waals surface area contributed by atoms with Crippen LogP contribution < -0.4 is 5.32 Å². The van der Waals surface area contributed by atoms with Gasteiger partial charge in [0, 0.05) is 25.1 Å². The molecule has 0 aliphatic carbocycles. The predicted octanol–water partition coefficient (Wildman–Crippen LogP) is 2.53. The molecule has 6 heteroatoms. The number of nitrogens with one attached hydrogen (secondary N) is 1. The van der Waals surface area contributed by atoms with Gasteiger partial charge in [0.15, 0.2) is 0 Å². The van der Waals surface area contributed by atoms with Crippen LogP contribution in [0.4, 0.5) is 4.39 Å². The highest BCUT2D eigenvalue weighted by atomic mass is 19.1. The largest absolute Gasteiger partial charge is 0.348 e. The molecule has 2 heterocycles. The zero-order valence-electron chi connectivity index (χ0n) is 12.8. The van der Waals surface area contributed by atoms with Crippen LogP contribution in [-0.4, -0.2) is 21.1 Å². The van der Waals surface area contributed by atoms with Crippen molar-refractivity contribution in [2.45, 2.75) is 13.0 Å². The maximum absolute atomic E-state index is 13.2. The summed E-state index contributed by atoms with van der Waals surface area (Å²) in [7, 11) is 0. The summed E-state index contributed by atoms with van der Waals surface area (Å²) in [5.74, 6) is -0.499. The van der Waals surface area contributed by atoms with Crippen molar-refractivity contribution in [1.82, 2.24) is 20.5 Å². The van der Waals surface area contributed by atoms with Crippen molar-refractivity contribution in [3.05, 3.63) is 89.3 Å². The van der Waals surface area contributed by atoms with Crippen LogP contribution in [0.5, 0.6) is 0 Å². The molecule has 0 saturated heterocycles. The van der Waals surface area contributed by atoms with Crippen molar-refractivity contribution in [2.24, 2.45) is 0 Å². The molecule has 0 spiro atoms. The third-order valence-electron chi connectivity index (χ3n) is 3.45. The second kappa shape index (κ2) is 7.41. The van der Waals surface area contributed by atoms with E-state index in [1.807, 2.05) is 6.07 Å². The summed E-state index contributed by atoms with van der Waals surface area (Å²) in [6, 6.07) is 9.93. The van der Waals surface area contributed by atoms with Gasteiger partial charge in [0.2, 0.25) is 0 Å². The Bertz CT molecular complexity index is 839. The highest BCUT2D eigenvalue weighted by molar-refractivity contribution is 5.93. The number of hydrogen-bond donors (Lipinski definition) is 1. The minimum atomic E-state index is -0.277. The van der Waals surface area contributed by atoms with Crippen LogP contribution in [0, 0.1) is 5.82 Å². The number of amides is 1. The Labute approximate surface area is 138 Å². The summed E-state index contributed by atoms with van der Waals surface area (Å²) in [4.78, 5) is 16.3. The van der Waals surface area contributed by atoms with Crippen molar-refractivity contribution in [3.8, 4) is 0 Å². The smallest absolute Gasteiger partial charge is 0.253 e. The van der Waals surface area contributed by atoms with Gasteiger partial charge in [-0.2, -0.15) is 10.2 Å². The minimum Gasteiger partial charge on any atom is -0.348 e. The van der Waals surface area contributed by atoms with E-state index in [0.29, 0.717) is 18.5 Å². The van der Waals surface area contributed by atoms with Crippen LogP contribution in [0.1, 0.15) is 27.0 Å². The number of rotatable bonds is 5. The molecule has 0 fully saturated rings. The number of halogens is 1. The standard InChI is InChI=1S/C18H15FN4O/c19-17-3-1-2-13(8-17)6-15-7-16(12-20-9-15)18(24)21-10-14-4-5-22-23-11-14/h1-5,7-9,11-12H,6,10H2,(H,21,24). The molecule has 1 aromatic carbocycles. The number of aromatic nitrogens is 3. The van der Waals surface area contributed by atoms with Gasteiger partial charge in [-0.1, -0.05) is 12.1 Å². The van der Waals surface area contributed by atoms with Crippen molar-refractivity contribution in [1.29, 1.82) is 0 Å². The maximum Gasteiger partial charge on any atom is 0.253 e. The second-order valence-corrected chi connectivity index (χ2v) is 5.32. The summed E-state index contributed by atoms with van der Waals surface area (Å²) in [6.45, 7) is 0.364.